The van der Waals surface area contributed by atoms with Crippen molar-refractivity contribution in [2.75, 3.05) is 44.2 Å². The average Bonchev–Trinajstić information content (AvgIpc) is 3.32. The van der Waals surface area contributed by atoms with Crippen molar-refractivity contribution < 1.29 is 13.9 Å². The summed E-state index contributed by atoms with van der Waals surface area (Å²) in [4.78, 5) is 33.3. The number of nitrogens with zero attached hydrogens (tertiary/aromatic N) is 7. The lowest BCUT2D eigenvalue weighted by molar-refractivity contribution is -0.131. The van der Waals surface area contributed by atoms with Crippen LogP contribution in [-0.4, -0.2) is 81.6 Å². The highest BCUT2D eigenvalue weighted by atomic mass is 19.1. The van der Waals surface area contributed by atoms with Gasteiger partial charge < -0.3 is 14.5 Å². The van der Waals surface area contributed by atoms with E-state index in [0.29, 0.717) is 48.5 Å². The molecule has 0 N–H and O–H groups in total. The van der Waals surface area contributed by atoms with E-state index in [2.05, 4.69) is 41.8 Å². The number of carbonyl (C=O) groups is 1. The quantitative estimate of drug-likeness (QED) is 0.362. The third-order valence-electron chi connectivity index (χ3n) is 10.7. The van der Waals surface area contributed by atoms with E-state index in [-0.39, 0.29) is 18.5 Å². The largest absolute Gasteiger partial charge is 0.461 e. The van der Waals surface area contributed by atoms with Crippen molar-refractivity contribution in [3.63, 3.8) is 0 Å². The van der Waals surface area contributed by atoms with E-state index in [9.17, 15) is 14.4 Å². The summed E-state index contributed by atoms with van der Waals surface area (Å²) in [5.41, 5.74) is 6.55. The smallest absolute Gasteiger partial charge is 0.319 e. The van der Waals surface area contributed by atoms with E-state index in [1.807, 2.05) is 11.1 Å². The lowest BCUT2D eigenvalue weighted by Gasteiger charge is -2.41. The Balaban J connectivity index is 1.17. The number of halogens is 1. The minimum Gasteiger partial charge on any atom is -0.461 e. The zero-order valence-corrected chi connectivity index (χ0v) is 24.8. The Kier molecular flexibility index (Phi) is 6.56. The number of hydrogen-bond donors (Lipinski definition) is 0. The van der Waals surface area contributed by atoms with Crippen LogP contribution in [0.1, 0.15) is 55.6 Å². The molecule has 5 heterocycles. The van der Waals surface area contributed by atoms with Gasteiger partial charge in [0.1, 0.15) is 12.1 Å². The number of ether oxygens (including phenoxy) is 1. The Morgan fingerprint density at radius 2 is 2.02 bits per heavy atom. The normalized spacial score (nSPS) is 25.0. The molecule has 3 saturated heterocycles. The van der Waals surface area contributed by atoms with Crippen LogP contribution in [0.5, 0.6) is 6.01 Å². The Labute approximate surface area is 256 Å². The van der Waals surface area contributed by atoms with Crippen LogP contribution in [0.3, 0.4) is 0 Å². The highest BCUT2D eigenvalue weighted by molar-refractivity contribution is 5.92. The molecule has 44 heavy (non-hydrogen) atoms. The van der Waals surface area contributed by atoms with E-state index >= 15 is 0 Å². The number of rotatable bonds is 7. The summed E-state index contributed by atoms with van der Waals surface area (Å²) >= 11 is 0. The number of benzene rings is 1. The molecule has 2 aromatic heterocycles. The second kappa shape index (κ2) is 10.5. The predicted molar refractivity (Wildman–Crippen MR) is 164 cm³/mol. The molecule has 1 aromatic carbocycles. The van der Waals surface area contributed by atoms with Crippen molar-refractivity contribution in [2.24, 2.45) is 5.92 Å². The number of pyridine rings is 1. The first-order chi connectivity index (χ1) is 21.4. The van der Waals surface area contributed by atoms with Crippen LogP contribution in [0.2, 0.25) is 0 Å². The molecule has 0 unspecified atom stereocenters. The van der Waals surface area contributed by atoms with Crippen molar-refractivity contribution in [2.45, 2.75) is 62.4 Å². The minimum atomic E-state index is -1.02. The predicted octanol–water partition coefficient (Wildman–Crippen LogP) is 4.77. The summed E-state index contributed by atoms with van der Waals surface area (Å²) in [6.45, 7) is 6.91. The van der Waals surface area contributed by atoms with E-state index in [4.69, 9.17) is 19.7 Å². The molecule has 8 rings (SSSR count). The van der Waals surface area contributed by atoms with Gasteiger partial charge in [-0.3, -0.25) is 14.7 Å². The topological polar surface area (TPSA) is 98.5 Å². The van der Waals surface area contributed by atoms with Gasteiger partial charge in [0.2, 0.25) is 0 Å². The van der Waals surface area contributed by atoms with Crippen LogP contribution in [0.25, 0.3) is 22.2 Å². The Morgan fingerprint density at radius 3 is 2.82 bits per heavy atom. The molecule has 4 fully saturated rings. The Hall–Kier alpha value is -4.10. The molecule has 0 radical (unpaired) electrons. The second-order valence-electron chi connectivity index (χ2n) is 13.2. The average molecular weight is 594 g/mol. The van der Waals surface area contributed by atoms with E-state index < -0.39 is 17.8 Å². The molecule has 5 aliphatic rings. The van der Waals surface area contributed by atoms with Gasteiger partial charge >= 0.3 is 6.01 Å². The number of anilines is 1. The van der Waals surface area contributed by atoms with Crippen LogP contribution < -0.4 is 9.64 Å². The van der Waals surface area contributed by atoms with Crippen LogP contribution in [0.4, 0.5) is 10.2 Å². The summed E-state index contributed by atoms with van der Waals surface area (Å²) in [7, 11) is 0. The number of piperazine rings is 1. The van der Waals surface area contributed by atoms with Crippen molar-refractivity contribution in [1.82, 2.24) is 24.8 Å². The highest BCUT2D eigenvalue weighted by Crippen LogP contribution is 2.58. The lowest BCUT2D eigenvalue weighted by Crippen LogP contribution is -2.55. The van der Waals surface area contributed by atoms with Crippen LogP contribution >= 0.6 is 0 Å². The molecule has 1 saturated carbocycles. The molecule has 3 aliphatic heterocycles. The number of aromatic nitrogens is 3. The van der Waals surface area contributed by atoms with Crippen LogP contribution in [0.15, 0.2) is 42.9 Å². The van der Waals surface area contributed by atoms with Crippen molar-refractivity contribution in [1.29, 1.82) is 5.26 Å². The van der Waals surface area contributed by atoms with Gasteiger partial charge in [-0.2, -0.15) is 15.2 Å². The number of fused-ring (bicyclic) bond motifs is 5. The molecule has 3 aromatic rings. The molecular formula is C34H36FN7O2. The molecule has 226 valence electrons. The van der Waals surface area contributed by atoms with E-state index in [1.165, 1.54) is 40.9 Å². The first-order valence-electron chi connectivity index (χ1n) is 15.9. The molecular weight excluding hydrogens is 557 g/mol. The fraction of sp³-hybridized carbons (Fsp3) is 0.500. The minimum absolute atomic E-state index is 0.0443. The maximum Gasteiger partial charge on any atom is 0.319 e. The third kappa shape index (κ3) is 4.52. The zero-order valence-electron chi connectivity index (χ0n) is 24.8. The van der Waals surface area contributed by atoms with Gasteiger partial charge in [0.25, 0.3) is 5.91 Å². The number of carbonyl (C=O) groups excluding carboxylic acids is 1. The van der Waals surface area contributed by atoms with Gasteiger partial charge in [-0.1, -0.05) is 24.8 Å². The molecule has 3 atom stereocenters. The third-order valence-corrected chi connectivity index (χ3v) is 10.7. The highest BCUT2D eigenvalue weighted by Gasteiger charge is 2.47. The Morgan fingerprint density at radius 1 is 1.18 bits per heavy atom. The lowest BCUT2D eigenvalue weighted by atomic mass is 9.95. The fourth-order valence-electron chi connectivity index (χ4n) is 8.42. The van der Waals surface area contributed by atoms with Gasteiger partial charge in [-0.15, -0.1) is 0 Å². The van der Waals surface area contributed by atoms with Crippen LogP contribution in [0, 0.1) is 17.2 Å². The fourth-order valence-corrected chi connectivity index (χ4v) is 8.42. The molecule has 0 bridgehead atoms. The standard InChI is InChI=1S/C34H36FN7O2/c1-21(35)32(43)42-14-13-40(19-25(42)7-10-36)31-30-28(38-33(39-31)44-20-34-8-3-11-41(34)12-4-9-34)17-24(18-37-30)26-6-2-5-22-15-23-16-27(23)29(22)26/h2,5-6,17-18,23,25,27H,1,3-4,7-9,11-16,19-20H2/t23-,25-,27+/m0/s1. The molecule has 1 amide bonds. The van der Waals surface area contributed by atoms with E-state index in [0.717, 1.165) is 43.8 Å². The second-order valence-corrected chi connectivity index (χ2v) is 13.2. The molecule has 10 heteroatoms. The first kappa shape index (κ1) is 27.4. The van der Waals surface area contributed by atoms with Crippen molar-refractivity contribution in [3.05, 3.63) is 54.0 Å². The summed E-state index contributed by atoms with van der Waals surface area (Å²) < 4.78 is 20.3. The number of amides is 1. The number of hydrogen-bond acceptors (Lipinski definition) is 8. The molecule has 9 nitrogen and oxygen atoms in total. The molecule has 2 aliphatic carbocycles. The van der Waals surface area contributed by atoms with Crippen molar-refractivity contribution >= 4 is 22.8 Å². The zero-order chi connectivity index (χ0) is 30.0. The maximum absolute atomic E-state index is 13.8. The SMILES string of the molecule is C=C(F)C(=O)N1CCN(c2nc(OCC34CCCN3CCC4)nc3cc(-c4cccc5c4[C@@H]4C[C@@H]4C5)cnc23)C[C@@H]1CC#N. The summed E-state index contributed by atoms with van der Waals surface area (Å²) in [5.74, 6) is 0.247. The summed E-state index contributed by atoms with van der Waals surface area (Å²) in [6.07, 6.45) is 9.00. The van der Waals surface area contributed by atoms with Gasteiger partial charge in [0.15, 0.2) is 11.6 Å². The maximum atomic E-state index is 13.8. The van der Waals surface area contributed by atoms with Gasteiger partial charge in [0.05, 0.1) is 29.6 Å². The Bertz CT molecular complexity index is 1710. The summed E-state index contributed by atoms with van der Waals surface area (Å²) in [5, 5.41) is 9.52. The van der Waals surface area contributed by atoms with Gasteiger partial charge in [0, 0.05) is 31.4 Å². The van der Waals surface area contributed by atoms with Gasteiger partial charge in [-0.05, 0) is 86.2 Å². The monoisotopic (exact) mass is 593 g/mol. The van der Waals surface area contributed by atoms with Gasteiger partial charge in [-0.25, -0.2) is 4.39 Å². The first-order valence-corrected chi connectivity index (χ1v) is 15.9. The summed E-state index contributed by atoms with van der Waals surface area (Å²) in [6, 6.07) is 10.6. The van der Waals surface area contributed by atoms with E-state index in [1.54, 1.807) is 0 Å². The molecule has 0 spiro atoms. The van der Waals surface area contributed by atoms with Crippen molar-refractivity contribution in [3.8, 4) is 23.2 Å². The number of nitriles is 1. The van der Waals surface area contributed by atoms with Crippen LogP contribution in [-0.2, 0) is 11.2 Å².